The number of aliphatic hydroxyl groups excluding tert-OH is 4. The molecule has 45 heavy (non-hydrogen) atoms. The van der Waals surface area contributed by atoms with Crippen LogP contribution in [-0.2, 0) is 14.3 Å². The number of allylic oxidation sites excluding steroid dienone is 1. The second-order valence-corrected chi connectivity index (χ2v) is 14.9. The summed E-state index contributed by atoms with van der Waals surface area (Å²) >= 11 is 0. The molecule has 0 aromatic rings. The maximum Gasteiger partial charge on any atom is 0.220 e. The predicted molar refractivity (Wildman–Crippen MR) is 173 cm³/mol. The maximum absolute atomic E-state index is 13.5. The first-order valence-electron chi connectivity index (χ1n) is 19.1. The van der Waals surface area contributed by atoms with Crippen molar-refractivity contribution < 1.29 is 42.5 Å². The summed E-state index contributed by atoms with van der Waals surface area (Å²) in [6.07, 6.45) is 15.6. The first-order chi connectivity index (χ1) is 22.4. The molecule has 9 nitrogen and oxygen atoms in total. The van der Waals surface area contributed by atoms with E-state index < -0.39 is 49.4 Å². The Morgan fingerprint density at radius 2 is 1.47 bits per heavy atom. The van der Waals surface area contributed by atoms with Crippen LogP contribution in [0.5, 0.6) is 0 Å². The van der Waals surface area contributed by atoms with Gasteiger partial charge in [0.05, 0.1) is 28.1 Å². The summed E-state index contributed by atoms with van der Waals surface area (Å²) in [7, 11) is 0. The molecule has 5 rings (SSSR count). The number of carbonyl (C=O) groups is 1. The van der Waals surface area contributed by atoms with E-state index in [1.165, 1.54) is 77.0 Å². The summed E-state index contributed by atoms with van der Waals surface area (Å²) < 4.78 is 26.1. The Balaban J connectivity index is 1.28. The molecule has 5 fully saturated rings. The fourth-order valence-electron chi connectivity index (χ4n) is 8.92. The molecule has 1 amide bonds. The first-order valence-corrected chi connectivity index (χ1v) is 18.1. The van der Waals surface area contributed by atoms with E-state index in [1.54, 1.807) is 6.08 Å². The van der Waals surface area contributed by atoms with Crippen molar-refractivity contribution in [3.63, 3.8) is 0 Å². The second kappa shape index (κ2) is 18.5. The molecule has 6 N–H and O–H groups in total. The quantitative estimate of drug-likeness (QED) is 0.0794. The van der Waals surface area contributed by atoms with Crippen LogP contribution in [0.2, 0.25) is 0 Å². The van der Waals surface area contributed by atoms with Crippen LogP contribution in [0.3, 0.4) is 0 Å². The summed E-state index contributed by atoms with van der Waals surface area (Å²) in [5.41, 5.74) is 0.00291. The molecule has 5 aliphatic rings. The van der Waals surface area contributed by atoms with Gasteiger partial charge in [0.2, 0.25) is 5.91 Å². The fourth-order valence-corrected chi connectivity index (χ4v) is 8.92. The zero-order chi connectivity index (χ0) is 34.0. The van der Waals surface area contributed by atoms with E-state index in [4.69, 9.17) is 12.2 Å². The third-order valence-electron chi connectivity index (χ3n) is 10.9. The molecule has 4 aliphatic carbocycles. The molecule has 0 radical (unpaired) electrons. The lowest BCUT2D eigenvalue weighted by atomic mass is 9.49. The van der Waals surface area contributed by atoms with Crippen molar-refractivity contribution in [1.29, 1.82) is 0 Å². The number of amides is 1. The molecule has 1 aliphatic heterocycles. The van der Waals surface area contributed by atoms with Gasteiger partial charge in [-0.1, -0.05) is 83.3 Å². The average Bonchev–Trinajstić information content (AvgIpc) is 2.99. The highest BCUT2D eigenvalue weighted by atomic mass is 16.7. The molecule has 1 heterocycles. The molecule has 0 aromatic heterocycles. The zero-order valence-corrected chi connectivity index (χ0v) is 27.5. The van der Waals surface area contributed by atoms with Gasteiger partial charge in [0.25, 0.3) is 0 Å². The topological polar surface area (TPSA) is 149 Å². The van der Waals surface area contributed by atoms with Crippen molar-refractivity contribution in [3.05, 3.63) is 12.2 Å². The molecule has 0 aromatic carbocycles. The van der Waals surface area contributed by atoms with Gasteiger partial charge in [-0.15, -0.1) is 0 Å². The van der Waals surface area contributed by atoms with E-state index in [0.717, 1.165) is 38.5 Å². The van der Waals surface area contributed by atoms with E-state index in [-0.39, 0.29) is 17.9 Å². The Labute approximate surface area is 274 Å². The number of unbranched alkanes of at least 4 members (excludes halogenated alkanes) is 11. The van der Waals surface area contributed by atoms with Crippen LogP contribution in [0.4, 0.5) is 0 Å². The molecule has 0 spiro atoms. The third-order valence-corrected chi connectivity index (χ3v) is 10.9. The average molecular weight is 640 g/mol. The predicted octanol–water partition coefficient (Wildman–Crippen LogP) is 4.51. The summed E-state index contributed by atoms with van der Waals surface area (Å²) in [5.74, 6) is 1.93. The highest BCUT2D eigenvalue weighted by Crippen LogP contribution is 2.61. The van der Waals surface area contributed by atoms with Gasteiger partial charge in [-0.3, -0.25) is 4.79 Å². The summed E-state index contributed by atoms with van der Waals surface area (Å²) in [5, 5.41) is 54.8. The Hall–Kier alpha value is -1.07. The first kappa shape index (κ1) is 33.8. The minimum atomic E-state index is -3.01. The van der Waals surface area contributed by atoms with Crippen LogP contribution in [-0.4, -0.2) is 87.5 Å². The van der Waals surface area contributed by atoms with Gasteiger partial charge in [0.15, 0.2) is 6.29 Å². The number of nitrogens with one attached hydrogen (secondary N) is 1. The van der Waals surface area contributed by atoms with E-state index in [1.807, 2.05) is 6.08 Å². The van der Waals surface area contributed by atoms with Crippen molar-refractivity contribution in [1.82, 2.24) is 5.32 Å². The molecule has 4 saturated carbocycles. The van der Waals surface area contributed by atoms with Gasteiger partial charge in [0.1, 0.15) is 24.4 Å². The zero-order valence-electron chi connectivity index (χ0n) is 29.5. The monoisotopic (exact) mass is 639 g/mol. The highest BCUT2D eigenvalue weighted by molar-refractivity contribution is 5.77. The lowest BCUT2D eigenvalue weighted by Gasteiger charge is -2.56. The van der Waals surface area contributed by atoms with E-state index in [0.29, 0.717) is 24.2 Å². The van der Waals surface area contributed by atoms with Gasteiger partial charge >= 0.3 is 0 Å². The Morgan fingerprint density at radius 1 is 0.911 bits per heavy atom. The van der Waals surface area contributed by atoms with Crippen molar-refractivity contribution >= 4 is 5.91 Å². The van der Waals surface area contributed by atoms with E-state index >= 15 is 0 Å². The van der Waals surface area contributed by atoms with Crippen molar-refractivity contribution in [2.24, 2.45) is 23.2 Å². The van der Waals surface area contributed by atoms with E-state index in [9.17, 15) is 30.3 Å². The van der Waals surface area contributed by atoms with Crippen LogP contribution in [0.1, 0.15) is 132 Å². The molecule has 0 unspecified atom stereocenters. The molecular formula is C36H63NO8. The summed E-state index contributed by atoms with van der Waals surface area (Å²) in [6, 6.07) is -0.894. The number of rotatable bonds is 21. The number of ether oxygens (including phenoxy) is 2. The second-order valence-electron chi connectivity index (χ2n) is 14.9. The number of hydrogen-bond donors (Lipinski definition) is 6. The van der Waals surface area contributed by atoms with E-state index in [2.05, 4.69) is 12.2 Å². The van der Waals surface area contributed by atoms with Gasteiger partial charge in [-0.25, -0.2) is 0 Å². The molecule has 260 valence electrons. The van der Waals surface area contributed by atoms with Gasteiger partial charge in [-0.05, 0) is 74.5 Å². The maximum atomic E-state index is 13.5. The lowest BCUT2D eigenvalue weighted by Crippen LogP contribution is -2.60. The Morgan fingerprint density at radius 3 is 2.02 bits per heavy atom. The molecule has 7 atom stereocenters. The third kappa shape index (κ3) is 11.0. The Kier molecular flexibility index (Phi) is 13.9. The highest BCUT2D eigenvalue weighted by Gasteiger charge is 2.51. The minimum absolute atomic E-state index is 0.00291. The smallest absolute Gasteiger partial charge is 0.220 e. The van der Waals surface area contributed by atoms with Crippen molar-refractivity contribution in [2.45, 2.75) is 172 Å². The largest absolute Gasteiger partial charge is 0.394 e. The van der Waals surface area contributed by atoms with Gasteiger partial charge in [0, 0.05) is 6.42 Å². The Bertz CT molecular complexity index is 942. The van der Waals surface area contributed by atoms with Crippen molar-refractivity contribution in [3.8, 4) is 0 Å². The standard InChI is InChI=1S/C36H63NO8/c1-2-3-4-5-6-7-8-9-10-11-12-13-14-15-29(39)28(24-44-35-34(43)33(42)32(41)30(23-38)45-35)37-31(40)22-36-19-25-16-26(20-36)18-27(17-25)21-36/h14-15,25-30,32-35,38-39,41-43H,2-13,16-24H2,1H3,(H,37,40)/b15-14+/t25?,26?,27?,28-,29+,30+,32-,33-,34+,35+,36?/m0/s1/i23D2. The lowest BCUT2D eigenvalue weighted by molar-refractivity contribution is -0.302. The van der Waals surface area contributed by atoms with Crippen LogP contribution in [0.15, 0.2) is 12.2 Å². The van der Waals surface area contributed by atoms with Crippen LogP contribution in [0.25, 0.3) is 0 Å². The number of carbonyl (C=O) groups excluding carboxylic acids is 1. The van der Waals surface area contributed by atoms with Gasteiger partial charge < -0.3 is 40.3 Å². The minimum Gasteiger partial charge on any atom is -0.394 e. The SMILES string of the molecule is [2H]C([2H])(O)[C@H]1O[C@@H](OC[C@H](NC(=O)CC23CC4CC(CC(C4)C2)C3)[C@H](O)/C=C/CCCCCCCCCCCCC)[C@H](O)[C@@H](O)[C@H]1O. The van der Waals surface area contributed by atoms with Crippen LogP contribution in [0, 0.1) is 23.2 Å². The van der Waals surface area contributed by atoms with Crippen molar-refractivity contribution in [2.75, 3.05) is 13.2 Å². The van der Waals surface area contributed by atoms with Crippen LogP contribution >= 0.6 is 0 Å². The molecule has 4 bridgehead atoms. The normalized spacial score (nSPS) is 36.6. The van der Waals surface area contributed by atoms with Gasteiger partial charge in [-0.2, -0.15) is 0 Å². The molecule has 1 saturated heterocycles. The van der Waals surface area contributed by atoms with Crippen LogP contribution < -0.4 is 5.32 Å². The summed E-state index contributed by atoms with van der Waals surface area (Å²) in [4.78, 5) is 13.5. The fraction of sp³-hybridized carbons (Fsp3) is 0.917. The molecular weight excluding hydrogens is 574 g/mol. The number of aliphatic hydroxyl groups is 5. The molecule has 9 heteroatoms. The number of hydrogen-bond acceptors (Lipinski definition) is 8. The summed E-state index contributed by atoms with van der Waals surface area (Å²) in [6.45, 7) is -1.07.